The van der Waals surface area contributed by atoms with E-state index in [2.05, 4.69) is 31.2 Å². The maximum absolute atomic E-state index is 5.56. The summed E-state index contributed by atoms with van der Waals surface area (Å²) < 4.78 is 7.21. The summed E-state index contributed by atoms with van der Waals surface area (Å²) in [5.74, 6) is 3.31. The minimum Gasteiger partial charge on any atom is -0.444 e. The molecule has 98 valence electrons. The quantitative estimate of drug-likeness (QED) is 0.821. The van der Waals surface area contributed by atoms with Crippen molar-refractivity contribution >= 4 is 5.95 Å². The highest BCUT2D eigenvalue weighted by atomic mass is 16.5. The Bertz CT molecular complexity index is 599. The minimum atomic E-state index is -0.793. The van der Waals surface area contributed by atoms with Gasteiger partial charge in [-0.15, -0.1) is 6.42 Å². The number of aromatic nitrogens is 5. The number of nitrogens with zero attached hydrogens (tertiary/aromatic N) is 5. The molecule has 0 bridgehead atoms. The Hall–Kier alpha value is -2.62. The van der Waals surface area contributed by atoms with Crippen LogP contribution in [0.3, 0.4) is 0 Å². The van der Waals surface area contributed by atoms with Crippen molar-refractivity contribution in [3.8, 4) is 24.3 Å². The molecule has 2 heterocycles. The first kappa shape index (κ1) is 12.8. The van der Waals surface area contributed by atoms with Gasteiger partial charge in [-0.25, -0.2) is 4.98 Å². The average Bonchev–Trinajstić information content (AvgIpc) is 2.91. The topological polar surface area (TPSA) is 77.8 Å². The monoisotopic (exact) mass is 258 g/mol. The first-order chi connectivity index (χ1) is 9.04. The number of imidazole rings is 1. The standard InChI is InChI=1S/C12H14N6O/c1-5-12(2,3)19-11-16-9(13-4)15-10(17-11)18-7-6-14-8-18/h1,6-8H,2-4H3,(H,13,15,16,17). The van der Waals surface area contributed by atoms with E-state index in [1.54, 1.807) is 44.2 Å². The van der Waals surface area contributed by atoms with Crippen LogP contribution in [-0.4, -0.2) is 37.2 Å². The van der Waals surface area contributed by atoms with Crippen LogP contribution in [-0.2, 0) is 0 Å². The number of anilines is 1. The zero-order valence-electron chi connectivity index (χ0n) is 11.0. The maximum Gasteiger partial charge on any atom is 0.324 e. The Morgan fingerprint density at radius 1 is 1.37 bits per heavy atom. The van der Waals surface area contributed by atoms with Crippen molar-refractivity contribution in [2.45, 2.75) is 19.4 Å². The summed E-state index contributed by atoms with van der Waals surface area (Å²) in [6.07, 6.45) is 10.3. The van der Waals surface area contributed by atoms with E-state index < -0.39 is 5.60 Å². The Morgan fingerprint density at radius 2 is 2.16 bits per heavy atom. The van der Waals surface area contributed by atoms with E-state index >= 15 is 0 Å². The first-order valence-electron chi connectivity index (χ1n) is 5.63. The lowest BCUT2D eigenvalue weighted by Crippen LogP contribution is -2.27. The van der Waals surface area contributed by atoms with Crippen molar-refractivity contribution in [2.75, 3.05) is 12.4 Å². The molecule has 0 spiro atoms. The van der Waals surface area contributed by atoms with Crippen LogP contribution in [0.15, 0.2) is 18.7 Å². The van der Waals surface area contributed by atoms with Gasteiger partial charge in [-0.05, 0) is 13.8 Å². The summed E-state index contributed by atoms with van der Waals surface area (Å²) in [5.41, 5.74) is -0.793. The van der Waals surface area contributed by atoms with Crippen LogP contribution >= 0.6 is 0 Å². The van der Waals surface area contributed by atoms with Crippen LogP contribution < -0.4 is 10.1 Å². The molecule has 2 aromatic heterocycles. The third kappa shape index (κ3) is 2.98. The highest BCUT2D eigenvalue weighted by Gasteiger charge is 2.19. The Balaban J connectivity index is 2.40. The lowest BCUT2D eigenvalue weighted by molar-refractivity contribution is 0.156. The van der Waals surface area contributed by atoms with Gasteiger partial charge in [0.25, 0.3) is 0 Å². The number of rotatable bonds is 4. The fourth-order valence-corrected chi connectivity index (χ4v) is 1.25. The van der Waals surface area contributed by atoms with Gasteiger partial charge in [-0.2, -0.15) is 15.0 Å². The third-order valence-electron chi connectivity index (χ3n) is 2.26. The van der Waals surface area contributed by atoms with Crippen molar-refractivity contribution in [3.63, 3.8) is 0 Å². The average molecular weight is 258 g/mol. The largest absolute Gasteiger partial charge is 0.444 e. The Morgan fingerprint density at radius 3 is 2.74 bits per heavy atom. The molecule has 0 unspecified atom stereocenters. The molecule has 0 fully saturated rings. The molecule has 0 amide bonds. The summed E-state index contributed by atoms with van der Waals surface area (Å²) in [4.78, 5) is 16.5. The number of hydrogen-bond donors (Lipinski definition) is 1. The molecule has 2 aromatic rings. The molecule has 0 aliphatic carbocycles. The minimum absolute atomic E-state index is 0.158. The van der Waals surface area contributed by atoms with E-state index in [1.807, 2.05) is 0 Å². The molecular weight excluding hydrogens is 244 g/mol. The molecule has 7 nitrogen and oxygen atoms in total. The number of nitrogens with one attached hydrogen (secondary N) is 1. The van der Waals surface area contributed by atoms with E-state index in [0.29, 0.717) is 11.9 Å². The van der Waals surface area contributed by atoms with Gasteiger partial charge in [0.2, 0.25) is 11.9 Å². The molecule has 0 radical (unpaired) electrons. The van der Waals surface area contributed by atoms with Crippen LogP contribution in [0.2, 0.25) is 0 Å². The normalized spacial score (nSPS) is 10.8. The predicted molar refractivity (Wildman–Crippen MR) is 70.0 cm³/mol. The van der Waals surface area contributed by atoms with Crippen molar-refractivity contribution in [1.82, 2.24) is 24.5 Å². The molecule has 19 heavy (non-hydrogen) atoms. The molecule has 0 aliphatic rings. The molecule has 0 aromatic carbocycles. The van der Waals surface area contributed by atoms with Gasteiger partial charge >= 0.3 is 6.01 Å². The van der Waals surface area contributed by atoms with Crippen LogP contribution in [0.4, 0.5) is 5.95 Å². The SMILES string of the molecule is C#CC(C)(C)Oc1nc(NC)nc(-n2ccnc2)n1. The third-order valence-corrected chi connectivity index (χ3v) is 2.26. The lowest BCUT2D eigenvalue weighted by Gasteiger charge is -2.18. The summed E-state index contributed by atoms with van der Waals surface area (Å²) in [6, 6.07) is 0.158. The van der Waals surface area contributed by atoms with Crippen LogP contribution in [0, 0.1) is 12.3 Å². The molecule has 7 heteroatoms. The number of terminal acetylenes is 1. The molecule has 0 saturated heterocycles. The van der Waals surface area contributed by atoms with Crippen molar-refractivity contribution < 1.29 is 4.74 Å². The van der Waals surface area contributed by atoms with Gasteiger partial charge in [0, 0.05) is 19.4 Å². The summed E-state index contributed by atoms with van der Waals surface area (Å²) in [7, 11) is 1.71. The second kappa shape index (κ2) is 4.94. The van der Waals surface area contributed by atoms with E-state index in [4.69, 9.17) is 11.2 Å². The molecular formula is C12H14N6O. The van der Waals surface area contributed by atoms with E-state index in [-0.39, 0.29) is 6.01 Å². The van der Waals surface area contributed by atoms with E-state index in [0.717, 1.165) is 0 Å². The van der Waals surface area contributed by atoms with Gasteiger partial charge in [-0.1, -0.05) is 5.92 Å². The van der Waals surface area contributed by atoms with Crippen LogP contribution in [0.25, 0.3) is 5.95 Å². The van der Waals surface area contributed by atoms with Gasteiger partial charge < -0.3 is 10.1 Å². The predicted octanol–water partition coefficient (Wildman–Crippen LogP) is 0.890. The van der Waals surface area contributed by atoms with E-state index in [9.17, 15) is 0 Å². The lowest BCUT2D eigenvalue weighted by atomic mass is 10.2. The van der Waals surface area contributed by atoms with Gasteiger partial charge in [0.1, 0.15) is 6.33 Å². The van der Waals surface area contributed by atoms with Gasteiger partial charge in [-0.3, -0.25) is 4.57 Å². The smallest absolute Gasteiger partial charge is 0.324 e. The fraction of sp³-hybridized carbons (Fsp3) is 0.333. The van der Waals surface area contributed by atoms with Crippen molar-refractivity contribution in [1.29, 1.82) is 0 Å². The first-order valence-corrected chi connectivity index (χ1v) is 5.63. The zero-order chi connectivity index (χ0) is 13.9. The summed E-state index contributed by atoms with van der Waals surface area (Å²) >= 11 is 0. The Kier molecular flexibility index (Phi) is 3.33. The van der Waals surface area contributed by atoms with Crippen molar-refractivity contribution in [3.05, 3.63) is 18.7 Å². The molecule has 0 aliphatic heterocycles. The molecule has 1 N–H and O–H groups in total. The van der Waals surface area contributed by atoms with Crippen LogP contribution in [0.1, 0.15) is 13.8 Å². The summed E-state index contributed by atoms with van der Waals surface area (Å²) in [5, 5.41) is 2.85. The van der Waals surface area contributed by atoms with E-state index in [1.165, 1.54) is 0 Å². The van der Waals surface area contributed by atoms with Crippen molar-refractivity contribution in [2.24, 2.45) is 0 Å². The molecule has 0 atom stereocenters. The second-order valence-electron chi connectivity index (χ2n) is 4.22. The zero-order valence-corrected chi connectivity index (χ0v) is 11.0. The van der Waals surface area contributed by atoms with Gasteiger partial charge in [0.15, 0.2) is 5.60 Å². The highest BCUT2D eigenvalue weighted by molar-refractivity contribution is 5.30. The number of hydrogen-bond acceptors (Lipinski definition) is 6. The molecule has 2 rings (SSSR count). The van der Waals surface area contributed by atoms with Crippen LogP contribution in [0.5, 0.6) is 6.01 Å². The number of ether oxygens (including phenoxy) is 1. The van der Waals surface area contributed by atoms with Gasteiger partial charge in [0.05, 0.1) is 0 Å². The highest BCUT2D eigenvalue weighted by Crippen LogP contribution is 2.16. The summed E-state index contributed by atoms with van der Waals surface area (Å²) in [6.45, 7) is 3.51. The second-order valence-corrected chi connectivity index (χ2v) is 4.22. The fourth-order valence-electron chi connectivity index (χ4n) is 1.25. The molecule has 0 saturated carbocycles. The Labute approximate surface area is 111 Å². The maximum atomic E-state index is 5.56.